The highest BCUT2D eigenvalue weighted by atomic mass is 35.5. The van der Waals surface area contributed by atoms with Crippen LogP contribution in [0.25, 0.3) is 10.9 Å². The summed E-state index contributed by atoms with van der Waals surface area (Å²) in [4.78, 5) is 12.9. The van der Waals surface area contributed by atoms with Crippen LogP contribution in [-0.2, 0) is 6.54 Å². The van der Waals surface area contributed by atoms with Crippen LogP contribution in [0.2, 0.25) is 5.28 Å². The largest absolute Gasteiger partial charge is 0.324 e. The summed E-state index contributed by atoms with van der Waals surface area (Å²) in [5, 5.41) is 0.531. The van der Waals surface area contributed by atoms with Crippen LogP contribution >= 0.6 is 11.6 Å². The Hall–Kier alpha value is -2.18. The van der Waals surface area contributed by atoms with Gasteiger partial charge in [0.1, 0.15) is 19.5 Å². The van der Waals surface area contributed by atoms with Crippen molar-refractivity contribution in [1.82, 2.24) is 14.9 Å². The van der Waals surface area contributed by atoms with E-state index in [1.165, 1.54) is 17.1 Å². The van der Waals surface area contributed by atoms with Crippen LogP contribution in [0.15, 0.2) is 36.4 Å². The average molecular weight is 355 g/mol. The standard InChI is InChI=1S/C18H17BClFN4/c1-24-8-9-25(15-7-2-4-12(19)11(15)10-24)17-16-13(21)5-3-6-14(16)22-18(20)23-17/h2-7H,8-10,19H2,1H3. The molecule has 1 aliphatic heterocycles. The Bertz CT molecular complexity index is 965. The first-order chi connectivity index (χ1) is 12.0. The summed E-state index contributed by atoms with van der Waals surface area (Å²) in [6.45, 7) is 2.38. The van der Waals surface area contributed by atoms with E-state index in [1.807, 2.05) is 6.07 Å². The molecule has 4 rings (SSSR count). The van der Waals surface area contributed by atoms with Crippen LogP contribution in [-0.4, -0.2) is 42.9 Å². The van der Waals surface area contributed by atoms with Crippen LogP contribution in [0.5, 0.6) is 0 Å². The first-order valence-corrected chi connectivity index (χ1v) is 8.59. The minimum atomic E-state index is -0.337. The molecule has 0 amide bonds. The van der Waals surface area contributed by atoms with Gasteiger partial charge in [-0.25, -0.2) is 9.37 Å². The molecule has 0 bridgehead atoms. The van der Waals surface area contributed by atoms with Gasteiger partial charge < -0.3 is 9.80 Å². The van der Waals surface area contributed by atoms with Crippen molar-refractivity contribution in [2.24, 2.45) is 0 Å². The van der Waals surface area contributed by atoms with Crippen LogP contribution in [0, 0.1) is 5.82 Å². The van der Waals surface area contributed by atoms with E-state index in [0.29, 0.717) is 23.3 Å². The monoisotopic (exact) mass is 354 g/mol. The van der Waals surface area contributed by atoms with Gasteiger partial charge in [-0.3, -0.25) is 0 Å². The van der Waals surface area contributed by atoms with Gasteiger partial charge in [0, 0.05) is 25.3 Å². The zero-order valence-electron chi connectivity index (χ0n) is 14.1. The fraction of sp³-hybridized carbons (Fsp3) is 0.222. The Kier molecular flexibility index (Phi) is 4.09. The molecular formula is C18H17BClFN4. The number of likely N-dealkylation sites (N-methyl/N-ethyl adjacent to an activating group) is 1. The van der Waals surface area contributed by atoms with E-state index in [0.717, 1.165) is 18.8 Å². The molecule has 1 aliphatic rings. The van der Waals surface area contributed by atoms with E-state index in [4.69, 9.17) is 11.6 Å². The summed E-state index contributed by atoms with van der Waals surface area (Å²) in [7, 11) is 4.19. The Morgan fingerprint density at radius 3 is 2.76 bits per heavy atom. The number of hydrogen-bond acceptors (Lipinski definition) is 4. The molecule has 0 saturated heterocycles. The molecular weight excluding hydrogens is 337 g/mol. The zero-order valence-corrected chi connectivity index (χ0v) is 14.9. The third kappa shape index (κ3) is 2.85. The van der Waals surface area contributed by atoms with Gasteiger partial charge in [0.05, 0.1) is 10.9 Å². The summed E-state index contributed by atoms with van der Waals surface area (Å²) < 4.78 is 14.6. The third-order valence-corrected chi connectivity index (χ3v) is 4.86. The molecule has 0 unspecified atom stereocenters. The Labute approximate surface area is 151 Å². The van der Waals surface area contributed by atoms with Gasteiger partial charge in [0.15, 0.2) is 0 Å². The number of anilines is 2. The van der Waals surface area contributed by atoms with E-state index in [-0.39, 0.29) is 11.1 Å². The molecule has 25 heavy (non-hydrogen) atoms. The van der Waals surface area contributed by atoms with Crippen LogP contribution in [0.1, 0.15) is 5.56 Å². The van der Waals surface area contributed by atoms with E-state index < -0.39 is 0 Å². The number of rotatable bonds is 1. The predicted molar refractivity (Wildman–Crippen MR) is 102 cm³/mol. The van der Waals surface area contributed by atoms with Gasteiger partial charge in [0.2, 0.25) is 5.28 Å². The van der Waals surface area contributed by atoms with Crippen LogP contribution < -0.4 is 10.4 Å². The first-order valence-electron chi connectivity index (χ1n) is 8.21. The fourth-order valence-corrected chi connectivity index (χ4v) is 3.57. The number of halogens is 2. The topological polar surface area (TPSA) is 32.3 Å². The highest BCUT2D eigenvalue weighted by Crippen LogP contribution is 2.35. The maximum atomic E-state index is 14.6. The molecule has 2 aromatic carbocycles. The highest BCUT2D eigenvalue weighted by molar-refractivity contribution is 6.34. The molecule has 0 fully saturated rings. The third-order valence-electron chi connectivity index (χ3n) is 4.69. The lowest BCUT2D eigenvalue weighted by Gasteiger charge is -2.25. The average Bonchev–Trinajstić information content (AvgIpc) is 2.74. The van der Waals surface area contributed by atoms with Crippen molar-refractivity contribution in [2.75, 3.05) is 25.0 Å². The van der Waals surface area contributed by atoms with Crippen molar-refractivity contribution >= 4 is 47.3 Å². The summed E-state index contributed by atoms with van der Waals surface area (Å²) in [6.07, 6.45) is 0. The predicted octanol–water partition coefficient (Wildman–Crippen LogP) is 2.26. The Balaban J connectivity index is 2.00. The lowest BCUT2D eigenvalue weighted by atomic mass is 9.89. The van der Waals surface area contributed by atoms with Crippen LogP contribution in [0.3, 0.4) is 0 Å². The van der Waals surface area contributed by atoms with Crippen molar-refractivity contribution in [1.29, 1.82) is 0 Å². The number of benzene rings is 2. The molecule has 7 heteroatoms. The second kappa shape index (κ2) is 6.28. The quantitative estimate of drug-likeness (QED) is 0.496. The second-order valence-corrected chi connectivity index (χ2v) is 6.75. The van der Waals surface area contributed by atoms with Crippen molar-refractivity contribution < 1.29 is 4.39 Å². The maximum Gasteiger partial charge on any atom is 0.224 e. The second-order valence-electron chi connectivity index (χ2n) is 6.41. The lowest BCUT2D eigenvalue weighted by molar-refractivity contribution is 0.344. The molecule has 0 radical (unpaired) electrons. The van der Waals surface area contributed by atoms with Crippen molar-refractivity contribution in [2.45, 2.75) is 6.54 Å². The molecule has 4 nitrogen and oxygen atoms in total. The van der Waals surface area contributed by atoms with E-state index in [2.05, 4.69) is 46.8 Å². The Morgan fingerprint density at radius 1 is 1.12 bits per heavy atom. The number of fused-ring (bicyclic) bond motifs is 2. The molecule has 1 aromatic heterocycles. The minimum Gasteiger partial charge on any atom is -0.324 e. The number of nitrogens with zero attached hydrogens (tertiary/aromatic N) is 4. The van der Waals surface area contributed by atoms with Gasteiger partial charge in [-0.15, -0.1) is 0 Å². The number of hydrogen-bond donors (Lipinski definition) is 0. The van der Waals surface area contributed by atoms with Gasteiger partial charge in [-0.2, -0.15) is 4.98 Å². The Morgan fingerprint density at radius 2 is 1.92 bits per heavy atom. The maximum absolute atomic E-state index is 14.6. The molecule has 0 atom stereocenters. The van der Waals surface area contributed by atoms with Gasteiger partial charge in [-0.05, 0) is 42.4 Å². The van der Waals surface area contributed by atoms with Crippen molar-refractivity contribution in [3.63, 3.8) is 0 Å². The van der Waals surface area contributed by atoms with Gasteiger partial charge in [-0.1, -0.05) is 23.7 Å². The normalized spacial score (nSPS) is 15.2. The van der Waals surface area contributed by atoms with Gasteiger partial charge in [0.25, 0.3) is 0 Å². The fourth-order valence-electron chi connectivity index (χ4n) is 3.40. The van der Waals surface area contributed by atoms with Crippen LogP contribution in [0.4, 0.5) is 15.9 Å². The minimum absolute atomic E-state index is 0.125. The molecule has 3 aromatic rings. The summed E-state index contributed by atoms with van der Waals surface area (Å²) in [6, 6.07) is 11.0. The summed E-state index contributed by atoms with van der Waals surface area (Å²) in [5.41, 5.74) is 3.99. The van der Waals surface area contributed by atoms with E-state index in [9.17, 15) is 4.39 Å². The summed E-state index contributed by atoms with van der Waals surface area (Å²) in [5.74, 6) is 0.186. The zero-order chi connectivity index (χ0) is 17.6. The molecule has 0 N–H and O–H groups in total. The van der Waals surface area contributed by atoms with E-state index in [1.54, 1.807) is 12.1 Å². The molecule has 0 saturated carbocycles. The van der Waals surface area contributed by atoms with E-state index >= 15 is 0 Å². The van der Waals surface area contributed by atoms with Gasteiger partial charge >= 0.3 is 0 Å². The smallest absolute Gasteiger partial charge is 0.224 e. The molecule has 2 heterocycles. The molecule has 0 aliphatic carbocycles. The lowest BCUT2D eigenvalue weighted by Crippen LogP contribution is -2.27. The number of aromatic nitrogens is 2. The highest BCUT2D eigenvalue weighted by Gasteiger charge is 2.24. The van der Waals surface area contributed by atoms with Crippen molar-refractivity contribution in [3.8, 4) is 0 Å². The first kappa shape index (κ1) is 16.3. The molecule has 126 valence electrons. The molecule has 0 spiro atoms. The summed E-state index contributed by atoms with van der Waals surface area (Å²) >= 11 is 6.14. The van der Waals surface area contributed by atoms with Crippen molar-refractivity contribution in [3.05, 3.63) is 53.1 Å². The SMILES string of the molecule is Bc1cccc2c1CN(C)CCN2c1nc(Cl)nc2cccc(F)c12.